The fourth-order valence-corrected chi connectivity index (χ4v) is 4.39. The molecule has 3 aromatic carbocycles. The molecule has 166 valence electrons. The Balaban J connectivity index is 1.44. The number of hydrogen-bond donors (Lipinski definition) is 0. The molecule has 6 heteroatoms. The van der Waals surface area contributed by atoms with E-state index in [1.165, 1.54) is 4.90 Å². The highest BCUT2D eigenvalue weighted by Gasteiger charge is 2.38. The molecule has 0 N–H and O–H groups in total. The third-order valence-electron chi connectivity index (χ3n) is 6.12. The van der Waals surface area contributed by atoms with Crippen LogP contribution in [0.4, 0.5) is 5.69 Å². The number of nitrogens with zero attached hydrogens (tertiary/aromatic N) is 2. The number of anilines is 1. The summed E-state index contributed by atoms with van der Waals surface area (Å²) in [7, 11) is 0. The highest BCUT2D eigenvalue weighted by molar-refractivity contribution is 6.22. The molecule has 2 aliphatic heterocycles. The molecule has 2 aliphatic rings. The van der Waals surface area contributed by atoms with Crippen LogP contribution in [0.3, 0.4) is 0 Å². The van der Waals surface area contributed by atoms with Gasteiger partial charge in [-0.05, 0) is 48.7 Å². The zero-order valence-electron chi connectivity index (χ0n) is 18.1. The zero-order valence-corrected chi connectivity index (χ0v) is 18.1. The van der Waals surface area contributed by atoms with Gasteiger partial charge >= 0.3 is 0 Å². The molecule has 5 rings (SSSR count). The van der Waals surface area contributed by atoms with Crippen molar-refractivity contribution in [3.63, 3.8) is 0 Å². The van der Waals surface area contributed by atoms with Crippen LogP contribution < -0.4 is 4.90 Å². The number of imide groups is 1. The van der Waals surface area contributed by atoms with E-state index in [0.717, 1.165) is 24.1 Å². The lowest BCUT2D eigenvalue weighted by atomic mass is 10.0. The summed E-state index contributed by atoms with van der Waals surface area (Å²) < 4.78 is 5.60. The fraction of sp³-hybridized carbons (Fsp3) is 0.222. The summed E-state index contributed by atoms with van der Waals surface area (Å²) in [6, 6.07) is 23.9. The van der Waals surface area contributed by atoms with Gasteiger partial charge in [0.15, 0.2) is 0 Å². The molecular formula is C27H24N2O4. The highest BCUT2D eigenvalue weighted by atomic mass is 16.5. The van der Waals surface area contributed by atoms with Gasteiger partial charge in [-0.1, -0.05) is 48.5 Å². The van der Waals surface area contributed by atoms with Crippen molar-refractivity contribution in [3.8, 4) is 0 Å². The third-order valence-corrected chi connectivity index (χ3v) is 6.12. The Morgan fingerprint density at radius 3 is 2.30 bits per heavy atom. The van der Waals surface area contributed by atoms with E-state index in [4.69, 9.17) is 4.74 Å². The Kier molecular flexibility index (Phi) is 5.75. The SMILES string of the molecule is O=C1c2ccc(C(=O)N(Cc3ccccc3)c3ccccc3)cc2C(=O)N1CC1CCCO1. The average molecular weight is 440 g/mol. The predicted molar refractivity (Wildman–Crippen MR) is 124 cm³/mol. The minimum absolute atomic E-state index is 0.118. The van der Waals surface area contributed by atoms with E-state index in [9.17, 15) is 14.4 Å². The van der Waals surface area contributed by atoms with Crippen molar-refractivity contribution >= 4 is 23.4 Å². The summed E-state index contributed by atoms with van der Waals surface area (Å²) in [5, 5.41) is 0. The van der Waals surface area contributed by atoms with Gasteiger partial charge in [-0.25, -0.2) is 0 Å². The number of rotatable bonds is 6. The topological polar surface area (TPSA) is 66.9 Å². The standard InChI is InChI=1S/C27H24N2O4/c30-25(28(21-10-5-2-6-11-21)17-19-8-3-1-4-9-19)20-13-14-23-24(16-20)27(32)29(26(23)31)18-22-12-7-15-33-22/h1-6,8-11,13-14,16,22H,7,12,15,17-18H2. The highest BCUT2D eigenvalue weighted by Crippen LogP contribution is 2.28. The maximum Gasteiger partial charge on any atom is 0.261 e. The normalized spacial score (nSPS) is 17.3. The van der Waals surface area contributed by atoms with Crippen molar-refractivity contribution in [1.82, 2.24) is 4.90 Å². The van der Waals surface area contributed by atoms with Crippen LogP contribution in [0.1, 0.15) is 49.5 Å². The molecule has 0 bridgehead atoms. The van der Waals surface area contributed by atoms with Crippen LogP contribution in [0.15, 0.2) is 78.9 Å². The van der Waals surface area contributed by atoms with Gasteiger partial charge in [-0.15, -0.1) is 0 Å². The van der Waals surface area contributed by atoms with Crippen LogP contribution in [0, 0.1) is 0 Å². The largest absolute Gasteiger partial charge is 0.376 e. The van der Waals surface area contributed by atoms with Crippen molar-refractivity contribution < 1.29 is 19.1 Å². The molecule has 0 aromatic heterocycles. The third kappa shape index (κ3) is 4.17. The molecule has 1 saturated heterocycles. The van der Waals surface area contributed by atoms with Crippen LogP contribution in [0.2, 0.25) is 0 Å². The first-order valence-corrected chi connectivity index (χ1v) is 11.1. The lowest BCUT2D eigenvalue weighted by molar-refractivity contribution is 0.0475. The number of benzene rings is 3. The second kappa shape index (κ2) is 9.00. The fourth-order valence-electron chi connectivity index (χ4n) is 4.39. The number of ether oxygens (including phenoxy) is 1. The second-order valence-electron chi connectivity index (χ2n) is 8.33. The van der Waals surface area contributed by atoms with Crippen molar-refractivity contribution in [2.75, 3.05) is 18.1 Å². The Morgan fingerprint density at radius 2 is 1.61 bits per heavy atom. The van der Waals surface area contributed by atoms with Crippen molar-refractivity contribution in [2.24, 2.45) is 0 Å². The molecule has 0 spiro atoms. The van der Waals surface area contributed by atoms with Gasteiger partial charge in [0.25, 0.3) is 17.7 Å². The summed E-state index contributed by atoms with van der Waals surface area (Å²) >= 11 is 0. The van der Waals surface area contributed by atoms with Gasteiger partial charge < -0.3 is 9.64 Å². The molecule has 3 aromatic rings. The van der Waals surface area contributed by atoms with Crippen LogP contribution in [-0.4, -0.2) is 41.9 Å². The number of hydrogen-bond acceptors (Lipinski definition) is 4. The molecule has 3 amide bonds. The van der Waals surface area contributed by atoms with Crippen molar-refractivity contribution in [3.05, 3.63) is 101 Å². The smallest absolute Gasteiger partial charge is 0.261 e. The first-order chi connectivity index (χ1) is 16.1. The maximum absolute atomic E-state index is 13.6. The van der Waals surface area contributed by atoms with Crippen molar-refractivity contribution in [1.29, 1.82) is 0 Å². The number of amides is 3. The molecule has 1 atom stereocenters. The minimum atomic E-state index is -0.366. The second-order valence-corrected chi connectivity index (χ2v) is 8.33. The number of carbonyl (C=O) groups excluding carboxylic acids is 3. The van der Waals surface area contributed by atoms with Gasteiger partial charge in [-0.2, -0.15) is 0 Å². The minimum Gasteiger partial charge on any atom is -0.376 e. The van der Waals surface area contributed by atoms with Crippen LogP contribution in [-0.2, 0) is 11.3 Å². The van der Waals surface area contributed by atoms with E-state index in [-0.39, 0.29) is 35.9 Å². The molecule has 0 saturated carbocycles. The van der Waals surface area contributed by atoms with Crippen LogP contribution in [0.25, 0.3) is 0 Å². The Hall–Kier alpha value is -3.77. The van der Waals surface area contributed by atoms with Gasteiger partial charge in [0.2, 0.25) is 0 Å². The Bertz CT molecular complexity index is 1190. The van der Waals surface area contributed by atoms with E-state index < -0.39 is 0 Å². The average Bonchev–Trinajstić information content (AvgIpc) is 3.46. The summed E-state index contributed by atoms with van der Waals surface area (Å²) in [6.07, 6.45) is 1.65. The molecular weight excluding hydrogens is 416 g/mol. The number of fused-ring (bicyclic) bond motifs is 1. The first kappa shape index (κ1) is 21.1. The molecule has 0 aliphatic carbocycles. The van der Waals surface area contributed by atoms with Gasteiger partial charge in [0, 0.05) is 17.9 Å². The van der Waals surface area contributed by atoms with Gasteiger partial charge in [0.1, 0.15) is 0 Å². The zero-order chi connectivity index (χ0) is 22.8. The summed E-state index contributed by atoms with van der Waals surface area (Å²) in [5.41, 5.74) is 2.73. The summed E-state index contributed by atoms with van der Waals surface area (Å²) in [4.78, 5) is 42.4. The first-order valence-electron chi connectivity index (χ1n) is 11.1. The molecule has 6 nitrogen and oxygen atoms in total. The van der Waals surface area contributed by atoms with E-state index >= 15 is 0 Å². The van der Waals surface area contributed by atoms with E-state index in [2.05, 4.69) is 0 Å². The van der Waals surface area contributed by atoms with Gasteiger partial charge in [-0.3, -0.25) is 19.3 Å². The predicted octanol–water partition coefficient (Wildman–Crippen LogP) is 4.31. The molecule has 1 unspecified atom stereocenters. The molecule has 0 radical (unpaired) electrons. The van der Waals surface area contributed by atoms with E-state index in [1.807, 2.05) is 60.7 Å². The van der Waals surface area contributed by atoms with Gasteiger partial charge in [0.05, 0.1) is 30.3 Å². The number of carbonyl (C=O) groups is 3. The Morgan fingerprint density at radius 1 is 0.909 bits per heavy atom. The quantitative estimate of drug-likeness (QED) is 0.536. The molecule has 1 fully saturated rings. The molecule has 33 heavy (non-hydrogen) atoms. The Labute approximate surface area is 192 Å². The van der Waals surface area contributed by atoms with Crippen LogP contribution >= 0.6 is 0 Å². The summed E-state index contributed by atoms with van der Waals surface area (Å²) in [5.74, 6) is -0.922. The number of para-hydroxylation sites is 1. The lowest BCUT2D eigenvalue weighted by Crippen LogP contribution is -2.36. The monoisotopic (exact) mass is 440 g/mol. The van der Waals surface area contributed by atoms with E-state index in [0.29, 0.717) is 24.3 Å². The lowest BCUT2D eigenvalue weighted by Gasteiger charge is -2.23. The van der Waals surface area contributed by atoms with Crippen molar-refractivity contribution in [2.45, 2.75) is 25.5 Å². The van der Waals surface area contributed by atoms with Crippen LogP contribution in [0.5, 0.6) is 0 Å². The summed E-state index contributed by atoms with van der Waals surface area (Å²) in [6.45, 7) is 1.29. The molecule has 2 heterocycles. The van der Waals surface area contributed by atoms with E-state index in [1.54, 1.807) is 23.1 Å². The maximum atomic E-state index is 13.6.